The summed E-state index contributed by atoms with van der Waals surface area (Å²) < 4.78 is 37.5. The fraction of sp³-hybridized carbons (Fsp3) is 0.455. The second-order valence-corrected chi connectivity index (χ2v) is 4.50. The molecule has 0 aliphatic carbocycles. The lowest BCUT2D eigenvalue weighted by molar-refractivity contribution is -0.386. The minimum Gasteiger partial charge on any atom is -0.390 e. The van der Waals surface area contributed by atoms with Gasteiger partial charge in [-0.15, -0.1) is 0 Å². The standard InChI is InChI=1S/C11H12F3NO4S/c12-11(13,14)6-1-2-7(8(5-6)15(18)19)10(17)9(16)3-4-20/h1-2,5,9-10,16-17,20H,3-4H2. The van der Waals surface area contributed by atoms with E-state index in [0.717, 1.165) is 6.07 Å². The highest BCUT2D eigenvalue weighted by atomic mass is 32.1. The van der Waals surface area contributed by atoms with Crippen molar-refractivity contribution in [2.75, 3.05) is 5.75 Å². The van der Waals surface area contributed by atoms with Crippen molar-refractivity contribution in [1.29, 1.82) is 0 Å². The SMILES string of the molecule is O=[N+]([O-])c1cc(C(F)(F)F)ccc1C(O)C(O)CCS. The van der Waals surface area contributed by atoms with Gasteiger partial charge in [0.2, 0.25) is 0 Å². The minimum absolute atomic E-state index is 0.0441. The molecule has 0 amide bonds. The molecular weight excluding hydrogens is 299 g/mol. The summed E-state index contributed by atoms with van der Waals surface area (Å²) in [6.07, 6.45) is -7.67. The molecule has 2 unspecified atom stereocenters. The number of aliphatic hydroxyl groups is 2. The van der Waals surface area contributed by atoms with E-state index in [4.69, 9.17) is 0 Å². The summed E-state index contributed by atoms with van der Waals surface area (Å²) in [6, 6.07) is 1.76. The Labute approximate surface area is 117 Å². The van der Waals surface area contributed by atoms with Crippen LogP contribution in [0.5, 0.6) is 0 Å². The molecule has 20 heavy (non-hydrogen) atoms. The number of thiol groups is 1. The third-order valence-corrected chi connectivity index (χ3v) is 2.92. The smallest absolute Gasteiger partial charge is 0.390 e. The molecule has 0 saturated carbocycles. The molecule has 2 N–H and O–H groups in total. The van der Waals surface area contributed by atoms with Gasteiger partial charge in [0, 0.05) is 6.07 Å². The van der Waals surface area contributed by atoms with Crippen LogP contribution in [0.25, 0.3) is 0 Å². The Hall–Kier alpha value is -1.32. The van der Waals surface area contributed by atoms with Crippen LogP contribution in [-0.4, -0.2) is 27.0 Å². The Morgan fingerprint density at radius 2 is 1.95 bits per heavy atom. The maximum atomic E-state index is 12.5. The molecule has 0 aliphatic heterocycles. The van der Waals surface area contributed by atoms with Crippen molar-refractivity contribution in [1.82, 2.24) is 0 Å². The van der Waals surface area contributed by atoms with Crippen LogP contribution >= 0.6 is 12.6 Å². The van der Waals surface area contributed by atoms with Crippen LogP contribution in [0.3, 0.4) is 0 Å². The number of hydrogen-bond donors (Lipinski definition) is 3. The summed E-state index contributed by atoms with van der Waals surface area (Å²) in [5.74, 6) is 0.215. The van der Waals surface area contributed by atoms with E-state index in [9.17, 15) is 33.5 Å². The number of nitro benzene ring substituents is 1. The molecule has 5 nitrogen and oxygen atoms in total. The summed E-state index contributed by atoms with van der Waals surface area (Å²) in [6.45, 7) is 0. The zero-order chi connectivity index (χ0) is 15.5. The highest BCUT2D eigenvalue weighted by molar-refractivity contribution is 7.80. The van der Waals surface area contributed by atoms with Gasteiger partial charge in [0.25, 0.3) is 5.69 Å². The van der Waals surface area contributed by atoms with Crippen LogP contribution in [0.15, 0.2) is 18.2 Å². The summed E-state index contributed by atoms with van der Waals surface area (Å²) in [7, 11) is 0. The van der Waals surface area contributed by atoms with E-state index in [1.54, 1.807) is 0 Å². The Bertz CT molecular complexity index is 495. The Morgan fingerprint density at radius 1 is 1.35 bits per heavy atom. The number of rotatable bonds is 5. The lowest BCUT2D eigenvalue weighted by Crippen LogP contribution is -2.20. The predicted molar refractivity (Wildman–Crippen MR) is 67.5 cm³/mol. The molecule has 0 bridgehead atoms. The number of nitrogens with zero attached hydrogens (tertiary/aromatic N) is 1. The van der Waals surface area contributed by atoms with E-state index in [-0.39, 0.29) is 17.7 Å². The first-order valence-electron chi connectivity index (χ1n) is 5.51. The maximum Gasteiger partial charge on any atom is 0.416 e. The lowest BCUT2D eigenvalue weighted by Gasteiger charge is -2.18. The highest BCUT2D eigenvalue weighted by Gasteiger charge is 2.34. The normalized spacial score (nSPS) is 14.9. The van der Waals surface area contributed by atoms with Crippen LogP contribution in [-0.2, 0) is 6.18 Å². The lowest BCUT2D eigenvalue weighted by atomic mass is 9.99. The average Bonchev–Trinajstić information content (AvgIpc) is 2.36. The quantitative estimate of drug-likeness (QED) is 0.443. The van der Waals surface area contributed by atoms with Crippen molar-refractivity contribution in [2.24, 2.45) is 0 Å². The van der Waals surface area contributed by atoms with E-state index in [0.29, 0.717) is 12.1 Å². The molecule has 0 saturated heterocycles. The van der Waals surface area contributed by atoms with E-state index in [2.05, 4.69) is 12.6 Å². The van der Waals surface area contributed by atoms with Crippen LogP contribution < -0.4 is 0 Å². The van der Waals surface area contributed by atoms with Gasteiger partial charge < -0.3 is 10.2 Å². The van der Waals surface area contributed by atoms with Crippen molar-refractivity contribution in [3.63, 3.8) is 0 Å². The molecule has 0 spiro atoms. The number of benzene rings is 1. The molecule has 0 aliphatic rings. The summed E-state index contributed by atoms with van der Waals surface area (Å²) >= 11 is 3.83. The van der Waals surface area contributed by atoms with Crippen molar-refractivity contribution in [3.8, 4) is 0 Å². The van der Waals surface area contributed by atoms with E-state index in [1.165, 1.54) is 0 Å². The van der Waals surface area contributed by atoms with Crippen LogP contribution in [0.2, 0.25) is 0 Å². The second kappa shape index (κ2) is 6.42. The monoisotopic (exact) mass is 311 g/mol. The van der Waals surface area contributed by atoms with Crippen molar-refractivity contribution in [2.45, 2.75) is 24.8 Å². The van der Waals surface area contributed by atoms with Crippen LogP contribution in [0.4, 0.5) is 18.9 Å². The second-order valence-electron chi connectivity index (χ2n) is 4.05. The maximum absolute atomic E-state index is 12.5. The zero-order valence-corrected chi connectivity index (χ0v) is 10.9. The molecule has 0 radical (unpaired) electrons. The number of halogens is 3. The van der Waals surface area contributed by atoms with E-state index >= 15 is 0 Å². The van der Waals surface area contributed by atoms with Gasteiger partial charge in [0.15, 0.2) is 0 Å². The molecule has 0 fully saturated rings. The average molecular weight is 311 g/mol. The molecule has 1 rings (SSSR count). The first-order chi connectivity index (χ1) is 9.18. The molecule has 112 valence electrons. The molecule has 1 aromatic rings. The Morgan fingerprint density at radius 3 is 2.40 bits per heavy atom. The molecule has 9 heteroatoms. The van der Waals surface area contributed by atoms with Gasteiger partial charge in [-0.05, 0) is 24.3 Å². The van der Waals surface area contributed by atoms with E-state index in [1.807, 2.05) is 0 Å². The molecule has 0 heterocycles. The predicted octanol–water partition coefficient (Wildman–Crippen LogP) is 2.33. The molecule has 2 atom stereocenters. The summed E-state index contributed by atoms with van der Waals surface area (Å²) in [5, 5.41) is 30.2. The van der Waals surface area contributed by atoms with Crippen LogP contribution in [0, 0.1) is 10.1 Å². The van der Waals surface area contributed by atoms with Gasteiger partial charge in [0.05, 0.1) is 22.2 Å². The minimum atomic E-state index is -4.72. The van der Waals surface area contributed by atoms with E-state index < -0.39 is 34.6 Å². The topological polar surface area (TPSA) is 83.6 Å². The van der Waals surface area contributed by atoms with Gasteiger partial charge in [-0.25, -0.2) is 0 Å². The van der Waals surface area contributed by atoms with Gasteiger partial charge in [-0.1, -0.05) is 0 Å². The van der Waals surface area contributed by atoms with Crippen molar-refractivity contribution < 1.29 is 28.3 Å². The molecule has 0 aromatic heterocycles. The van der Waals surface area contributed by atoms with Crippen molar-refractivity contribution in [3.05, 3.63) is 39.4 Å². The van der Waals surface area contributed by atoms with Crippen LogP contribution in [0.1, 0.15) is 23.7 Å². The molecule has 1 aromatic carbocycles. The van der Waals surface area contributed by atoms with Gasteiger partial charge >= 0.3 is 6.18 Å². The fourth-order valence-electron chi connectivity index (χ4n) is 1.63. The number of aliphatic hydroxyl groups excluding tert-OH is 2. The van der Waals surface area contributed by atoms with Crippen molar-refractivity contribution >= 4 is 18.3 Å². The van der Waals surface area contributed by atoms with Gasteiger partial charge in [0.1, 0.15) is 6.10 Å². The Kier molecular flexibility index (Phi) is 5.37. The first kappa shape index (κ1) is 16.7. The zero-order valence-electron chi connectivity index (χ0n) is 10.0. The largest absolute Gasteiger partial charge is 0.416 e. The summed E-state index contributed by atoms with van der Waals surface area (Å²) in [5.41, 5.74) is -2.44. The fourth-order valence-corrected chi connectivity index (χ4v) is 1.89. The number of alkyl halides is 3. The summed E-state index contributed by atoms with van der Waals surface area (Å²) in [4.78, 5) is 9.79. The molecular formula is C11H12F3NO4S. The van der Waals surface area contributed by atoms with Gasteiger partial charge in [-0.3, -0.25) is 10.1 Å². The first-order valence-corrected chi connectivity index (χ1v) is 6.14. The third-order valence-electron chi connectivity index (χ3n) is 2.66. The number of hydrogen-bond acceptors (Lipinski definition) is 5. The van der Waals surface area contributed by atoms with Gasteiger partial charge in [-0.2, -0.15) is 25.8 Å². The number of nitro groups is 1. The highest BCUT2D eigenvalue weighted by Crippen LogP contribution is 2.35. The Balaban J connectivity index is 3.24. The third kappa shape index (κ3) is 3.84.